The number of nitrogens with one attached hydrogen (secondary N) is 2. The summed E-state index contributed by atoms with van der Waals surface area (Å²) >= 11 is 13.6. The van der Waals surface area contributed by atoms with Crippen LogP contribution >= 0.6 is 35.0 Å². The minimum Gasteiger partial charge on any atom is -0.351 e. The Balaban J connectivity index is 1.58. The van der Waals surface area contributed by atoms with Crippen LogP contribution in [0.15, 0.2) is 65.6 Å². The van der Waals surface area contributed by atoms with Crippen LogP contribution in [0.5, 0.6) is 0 Å². The van der Waals surface area contributed by atoms with Gasteiger partial charge in [-0.1, -0.05) is 47.5 Å². The first-order chi connectivity index (χ1) is 15.7. The third-order valence-corrected chi connectivity index (χ3v) is 8.09. The molecule has 0 saturated carbocycles. The summed E-state index contributed by atoms with van der Waals surface area (Å²) in [6.45, 7) is 4.03. The normalized spacial score (nSPS) is 11.3. The van der Waals surface area contributed by atoms with E-state index in [0.717, 1.165) is 16.9 Å². The van der Waals surface area contributed by atoms with Gasteiger partial charge in [0.05, 0.1) is 14.9 Å². The number of thioether (sulfide) groups is 1. The molecule has 33 heavy (non-hydrogen) atoms. The molecule has 0 spiro atoms. The van der Waals surface area contributed by atoms with Crippen molar-refractivity contribution < 1.29 is 13.2 Å². The minimum absolute atomic E-state index is 0.0747. The molecule has 0 aliphatic carbocycles. The molecule has 0 fully saturated rings. The SMILES string of the molecule is Cc1cccc(NS(=O)(=O)c2cc(C(=O)NCCSCc3ccc(Cl)c(Cl)c3)ccc2C)c1. The fraction of sp³-hybridized carbons (Fsp3) is 0.208. The molecule has 3 aromatic rings. The highest BCUT2D eigenvalue weighted by atomic mass is 35.5. The molecular formula is C24H24Cl2N2O3S2. The lowest BCUT2D eigenvalue weighted by molar-refractivity contribution is 0.0956. The van der Waals surface area contributed by atoms with Crippen molar-refractivity contribution in [2.24, 2.45) is 0 Å². The van der Waals surface area contributed by atoms with Gasteiger partial charge in [0, 0.05) is 29.3 Å². The van der Waals surface area contributed by atoms with Crippen LogP contribution in [-0.4, -0.2) is 26.6 Å². The number of benzene rings is 3. The van der Waals surface area contributed by atoms with Crippen LogP contribution in [0.3, 0.4) is 0 Å². The Labute approximate surface area is 208 Å². The topological polar surface area (TPSA) is 75.3 Å². The zero-order chi connectivity index (χ0) is 24.0. The van der Waals surface area contributed by atoms with Gasteiger partial charge in [-0.15, -0.1) is 0 Å². The molecular weight excluding hydrogens is 499 g/mol. The Bertz CT molecular complexity index is 1260. The van der Waals surface area contributed by atoms with Crippen molar-refractivity contribution in [2.75, 3.05) is 17.0 Å². The lowest BCUT2D eigenvalue weighted by Crippen LogP contribution is -2.26. The van der Waals surface area contributed by atoms with Crippen molar-refractivity contribution in [3.05, 3.63) is 93.0 Å². The summed E-state index contributed by atoms with van der Waals surface area (Å²) in [5.41, 5.74) is 3.32. The van der Waals surface area contributed by atoms with Gasteiger partial charge in [-0.3, -0.25) is 9.52 Å². The highest BCUT2D eigenvalue weighted by molar-refractivity contribution is 7.98. The average molecular weight is 524 g/mol. The van der Waals surface area contributed by atoms with E-state index < -0.39 is 10.0 Å². The largest absolute Gasteiger partial charge is 0.351 e. The van der Waals surface area contributed by atoms with Crippen molar-refractivity contribution in [3.8, 4) is 0 Å². The fourth-order valence-corrected chi connectivity index (χ4v) is 5.56. The second-order valence-electron chi connectivity index (χ2n) is 7.51. The highest BCUT2D eigenvalue weighted by Gasteiger charge is 2.19. The Morgan fingerprint density at radius 1 is 0.970 bits per heavy atom. The molecule has 0 bridgehead atoms. The van der Waals surface area contributed by atoms with E-state index in [-0.39, 0.29) is 10.8 Å². The number of sulfonamides is 1. The maximum atomic E-state index is 12.9. The molecule has 9 heteroatoms. The Kier molecular flexibility index (Phi) is 8.70. The summed E-state index contributed by atoms with van der Waals surface area (Å²) in [4.78, 5) is 12.7. The predicted molar refractivity (Wildman–Crippen MR) is 138 cm³/mol. The standard InChI is InChI=1S/C24H24Cl2N2O3S2/c1-16-4-3-5-20(12-16)28-33(30,31)23-14-19(8-6-17(23)2)24(29)27-10-11-32-15-18-7-9-21(25)22(26)13-18/h3-9,12-14,28H,10-11,15H2,1-2H3,(H,27,29). The van der Waals surface area contributed by atoms with E-state index in [1.807, 2.05) is 25.1 Å². The second kappa shape index (κ2) is 11.3. The van der Waals surface area contributed by atoms with Crippen molar-refractivity contribution in [2.45, 2.75) is 24.5 Å². The first-order valence-corrected chi connectivity index (χ1v) is 13.5. The number of amides is 1. The summed E-state index contributed by atoms with van der Waals surface area (Å²) in [6.07, 6.45) is 0. The van der Waals surface area contributed by atoms with Gasteiger partial charge in [0.1, 0.15) is 0 Å². The van der Waals surface area contributed by atoms with E-state index in [0.29, 0.717) is 39.2 Å². The molecule has 3 rings (SSSR count). The first-order valence-electron chi connectivity index (χ1n) is 10.2. The minimum atomic E-state index is -3.84. The van der Waals surface area contributed by atoms with E-state index in [9.17, 15) is 13.2 Å². The molecule has 0 aliphatic rings. The number of carbonyl (C=O) groups is 1. The molecule has 0 unspecified atom stereocenters. The zero-order valence-electron chi connectivity index (χ0n) is 18.2. The number of hydrogen-bond donors (Lipinski definition) is 2. The Morgan fingerprint density at radius 2 is 1.76 bits per heavy atom. The maximum Gasteiger partial charge on any atom is 0.262 e. The molecule has 1 amide bonds. The van der Waals surface area contributed by atoms with Gasteiger partial charge < -0.3 is 5.32 Å². The van der Waals surface area contributed by atoms with Crippen molar-refractivity contribution in [3.63, 3.8) is 0 Å². The van der Waals surface area contributed by atoms with Gasteiger partial charge in [0.2, 0.25) is 0 Å². The molecule has 0 aromatic heterocycles. The molecule has 2 N–H and O–H groups in total. The van der Waals surface area contributed by atoms with Crippen molar-refractivity contribution >= 4 is 56.6 Å². The van der Waals surface area contributed by atoms with Crippen LogP contribution < -0.4 is 10.0 Å². The van der Waals surface area contributed by atoms with Gasteiger partial charge in [-0.25, -0.2) is 8.42 Å². The summed E-state index contributed by atoms with van der Waals surface area (Å²) in [6, 6.07) is 17.3. The smallest absolute Gasteiger partial charge is 0.262 e. The predicted octanol–water partition coefficient (Wildman–Crippen LogP) is 6.07. The van der Waals surface area contributed by atoms with E-state index in [2.05, 4.69) is 10.0 Å². The molecule has 3 aromatic carbocycles. The van der Waals surface area contributed by atoms with Crippen LogP contribution in [0.1, 0.15) is 27.0 Å². The van der Waals surface area contributed by atoms with Gasteiger partial charge in [0.25, 0.3) is 15.9 Å². The van der Waals surface area contributed by atoms with Crippen LogP contribution in [-0.2, 0) is 15.8 Å². The molecule has 0 heterocycles. The summed E-state index contributed by atoms with van der Waals surface area (Å²) in [5.74, 6) is 1.11. The Morgan fingerprint density at radius 3 is 2.48 bits per heavy atom. The van der Waals surface area contributed by atoms with E-state index >= 15 is 0 Å². The quantitative estimate of drug-likeness (QED) is 0.334. The lowest BCUT2D eigenvalue weighted by Gasteiger charge is -2.13. The highest BCUT2D eigenvalue weighted by Crippen LogP contribution is 2.25. The molecule has 0 aliphatic heterocycles. The van der Waals surface area contributed by atoms with Gasteiger partial charge >= 0.3 is 0 Å². The molecule has 0 atom stereocenters. The number of anilines is 1. The number of halogens is 2. The Hall–Kier alpha value is -2.19. The number of aryl methyl sites for hydroxylation is 2. The lowest BCUT2D eigenvalue weighted by atomic mass is 10.1. The number of hydrogen-bond acceptors (Lipinski definition) is 4. The third kappa shape index (κ3) is 7.14. The van der Waals surface area contributed by atoms with Crippen molar-refractivity contribution in [1.29, 1.82) is 0 Å². The van der Waals surface area contributed by atoms with Crippen LogP contribution in [0.2, 0.25) is 10.0 Å². The number of carbonyl (C=O) groups excluding carboxylic acids is 1. The maximum absolute atomic E-state index is 12.9. The second-order valence-corrected chi connectivity index (χ2v) is 11.1. The third-order valence-electron chi connectivity index (χ3n) is 4.79. The van der Waals surface area contributed by atoms with E-state index in [1.165, 1.54) is 6.07 Å². The number of rotatable bonds is 9. The molecule has 0 saturated heterocycles. The van der Waals surface area contributed by atoms with Gasteiger partial charge in [-0.2, -0.15) is 11.8 Å². The van der Waals surface area contributed by atoms with Crippen LogP contribution in [0, 0.1) is 13.8 Å². The van der Waals surface area contributed by atoms with Crippen LogP contribution in [0.4, 0.5) is 5.69 Å². The van der Waals surface area contributed by atoms with Gasteiger partial charge in [0.15, 0.2) is 0 Å². The summed E-state index contributed by atoms with van der Waals surface area (Å²) in [5, 5.41) is 3.88. The molecule has 0 radical (unpaired) electrons. The zero-order valence-corrected chi connectivity index (χ0v) is 21.3. The average Bonchev–Trinajstić information content (AvgIpc) is 2.75. The van der Waals surface area contributed by atoms with Crippen LogP contribution in [0.25, 0.3) is 0 Å². The van der Waals surface area contributed by atoms with E-state index in [1.54, 1.807) is 55.1 Å². The molecule has 5 nitrogen and oxygen atoms in total. The summed E-state index contributed by atoms with van der Waals surface area (Å²) < 4.78 is 28.4. The summed E-state index contributed by atoms with van der Waals surface area (Å²) in [7, 11) is -3.84. The fourth-order valence-electron chi connectivity index (χ4n) is 3.11. The van der Waals surface area contributed by atoms with E-state index in [4.69, 9.17) is 23.2 Å². The monoisotopic (exact) mass is 522 g/mol. The first kappa shape index (κ1) is 25.4. The van der Waals surface area contributed by atoms with Crippen molar-refractivity contribution in [1.82, 2.24) is 5.32 Å². The van der Waals surface area contributed by atoms with Gasteiger partial charge in [-0.05, 0) is 66.9 Å². The molecule has 174 valence electrons.